The van der Waals surface area contributed by atoms with E-state index in [1.54, 1.807) is 13.8 Å². The minimum atomic E-state index is -0.907. The summed E-state index contributed by atoms with van der Waals surface area (Å²) in [7, 11) is 0. The normalized spacial score (nSPS) is 10.3. The van der Waals surface area contributed by atoms with Crippen molar-refractivity contribution in [2.45, 2.75) is 20.0 Å². The number of esters is 1. The fourth-order valence-electron chi connectivity index (χ4n) is 0.925. The molecule has 0 aromatic carbocycles. The van der Waals surface area contributed by atoms with Crippen molar-refractivity contribution < 1.29 is 13.9 Å². The van der Waals surface area contributed by atoms with Gasteiger partial charge in [0, 0.05) is 6.20 Å². The van der Waals surface area contributed by atoms with Crippen molar-refractivity contribution in [3.63, 3.8) is 0 Å². The van der Waals surface area contributed by atoms with E-state index in [4.69, 9.17) is 10.5 Å². The molecule has 0 saturated heterocycles. The molecule has 1 aromatic heterocycles. The van der Waals surface area contributed by atoms with E-state index in [1.165, 1.54) is 12.3 Å². The number of carbonyl (C=O) groups excluding carboxylic acids is 1. The van der Waals surface area contributed by atoms with Crippen molar-refractivity contribution >= 4 is 11.7 Å². The molecule has 0 spiro atoms. The van der Waals surface area contributed by atoms with E-state index >= 15 is 0 Å². The summed E-state index contributed by atoms with van der Waals surface area (Å²) < 4.78 is 17.9. The van der Waals surface area contributed by atoms with Gasteiger partial charge in [0.25, 0.3) is 0 Å². The molecule has 0 unspecified atom stereocenters. The summed E-state index contributed by atoms with van der Waals surface area (Å²) >= 11 is 0. The number of nitrogen functional groups attached to an aromatic ring is 1. The van der Waals surface area contributed by atoms with Gasteiger partial charge >= 0.3 is 5.97 Å². The summed E-state index contributed by atoms with van der Waals surface area (Å²) in [4.78, 5) is 14.6. The molecule has 0 amide bonds. The van der Waals surface area contributed by atoms with Crippen LogP contribution in [0.5, 0.6) is 0 Å². The lowest BCUT2D eigenvalue weighted by atomic mass is 10.2. The molecule has 1 rings (SSSR count). The van der Waals surface area contributed by atoms with Crippen molar-refractivity contribution in [1.82, 2.24) is 4.98 Å². The predicted octanol–water partition coefficient (Wildman–Crippen LogP) is 1.37. The molecule has 76 valence electrons. The minimum absolute atomic E-state index is 0.0307. The first-order chi connectivity index (χ1) is 6.52. The first-order valence-electron chi connectivity index (χ1n) is 4.13. The van der Waals surface area contributed by atoms with Gasteiger partial charge in [-0.2, -0.15) is 4.39 Å². The van der Waals surface area contributed by atoms with E-state index in [-0.39, 0.29) is 17.4 Å². The largest absolute Gasteiger partial charge is 0.459 e. The summed E-state index contributed by atoms with van der Waals surface area (Å²) in [6.45, 7) is 3.34. The highest BCUT2D eigenvalue weighted by molar-refractivity contribution is 5.94. The Morgan fingerprint density at radius 2 is 2.29 bits per heavy atom. The molecule has 2 N–H and O–H groups in total. The van der Waals surface area contributed by atoms with E-state index < -0.39 is 11.9 Å². The number of nitrogens with zero attached hydrogens (tertiary/aromatic N) is 1. The number of halogens is 1. The first kappa shape index (κ1) is 10.4. The summed E-state index contributed by atoms with van der Waals surface area (Å²) in [5, 5.41) is 0. The van der Waals surface area contributed by atoms with Crippen LogP contribution >= 0.6 is 0 Å². The van der Waals surface area contributed by atoms with E-state index in [0.717, 1.165) is 0 Å². The second-order valence-corrected chi connectivity index (χ2v) is 3.02. The number of hydrogen-bond acceptors (Lipinski definition) is 4. The maximum absolute atomic E-state index is 13.1. The average Bonchev–Trinajstić information content (AvgIpc) is 2.01. The van der Waals surface area contributed by atoms with Crippen LogP contribution in [-0.4, -0.2) is 17.1 Å². The molecule has 14 heavy (non-hydrogen) atoms. The number of ether oxygens (including phenoxy) is 1. The van der Waals surface area contributed by atoms with Gasteiger partial charge in [0.15, 0.2) is 0 Å². The minimum Gasteiger partial charge on any atom is -0.459 e. The van der Waals surface area contributed by atoms with E-state index in [9.17, 15) is 9.18 Å². The van der Waals surface area contributed by atoms with Crippen molar-refractivity contribution in [2.24, 2.45) is 0 Å². The van der Waals surface area contributed by atoms with Crippen LogP contribution in [0.25, 0.3) is 0 Å². The lowest BCUT2D eigenvalue weighted by molar-refractivity contribution is 0.0373. The number of carbonyl (C=O) groups is 1. The molecule has 0 fully saturated rings. The molecular formula is C9H11FN2O2. The molecule has 0 aliphatic heterocycles. The Labute approximate surface area is 80.9 Å². The number of nitrogens with two attached hydrogens (primary N) is 1. The highest BCUT2D eigenvalue weighted by Crippen LogP contribution is 2.15. The van der Waals surface area contributed by atoms with Crippen LogP contribution in [0.2, 0.25) is 0 Å². The van der Waals surface area contributed by atoms with Gasteiger partial charge < -0.3 is 10.5 Å². The summed E-state index contributed by atoms with van der Waals surface area (Å²) in [6, 6.07) is 1.35. The number of pyridine rings is 1. The topological polar surface area (TPSA) is 65.2 Å². The zero-order chi connectivity index (χ0) is 10.7. The molecule has 0 aliphatic carbocycles. The highest BCUT2D eigenvalue weighted by atomic mass is 19.1. The van der Waals surface area contributed by atoms with Gasteiger partial charge in [-0.3, -0.25) is 0 Å². The van der Waals surface area contributed by atoms with Gasteiger partial charge in [0.2, 0.25) is 5.95 Å². The zero-order valence-electron chi connectivity index (χ0n) is 7.95. The fraction of sp³-hybridized carbons (Fsp3) is 0.333. The number of aromatic nitrogens is 1. The Morgan fingerprint density at radius 3 is 2.79 bits per heavy atom. The Bertz CT molecular complexity index is 332. The van der Waals surface area contributed by atoms with Crippen molar-refractivity contribution in [3.8, 4) is 0 Å². The summed E-state index contributed by atoms with van der Waals surface area (Å²) in [5.41, 5.74) is 5.14. The molecule has 0 saturated carbocycles. The Kier molecular flexibility index (Phi) is 3.01. The number of hydrogen-bond donors (Lipinski definition) is 1. The SMILES string of the molecule is CC(C)OC(=O)c1c(N)ccnc1F. The lowest BCUT2D eigenvalue weighted by Gasteiger charge is -2.09. The molecule has 0 atom stereocenters. The van der Waals surface area contributed by atoms with Crippen LogP contribution in [-0.2, 0) is 4.74 Å². The molecule has 0 aliphatic rings. The number of anilines is 1. The molecule has 1 aromatic rings. The van der Waals surface area contributed by atoms with Crippen molar-refractivity contribution in [3.05, 3.63) is 23.8 Å². The van der Waals surface area contributed by atoms with E-state index in [1.807, 2.05) is 0 Å². The third-order valence-electron chi connectivity index (χ3n) is 1.48. The average molecular weight is 198 g/mol. The summed E-state index contributed by atoms with van der Waals surface area (Å²) in [6.07, 6.45) is 0.873. The van der Waals surface area contributed by atoms with Gasteiger partial charge in [-0.05, 0) is 19.9 Å². The van der Waals surface area contributed by atoms with Crippen molar-refractivity contribution in [1.29, 1.82) is 0 Å². The van der Waals surface area contributed by atoms with Gasteiger partial charge in [-0.15, -0.1) is 0 Å². The molecule has 4 nitrogen and oxygen atoms in total. The Hall–Kier alpha value is -1.65. The Balaban J connectivity index is 3.00. The van der Waals surface area contributed by atoms with E-state index in [2.05, 4.69) is 4.98 Å². The third-order valence-corrected chi connectivity index (χ3v) is 1.48. The first-order valence-corrected chi connectivity index (χ1v) is 4.13. The lowest BCUT2D eigenvalue weighted by Crippen LogP contribution is -2.15. The maximum Gasteiger partial charge on any atom is 0.345 e. The molecule has 0 radical (unpaired) electrons. The van der Waals surface area contributed by atoms with Gasteiger partial charge in [0.05, 0.1) is 11.8 Å². The quantitative estimate of drug-likeness (QED) is 0.575. The second kappa shape index (κ2) is 4.04. The van der Waals surface area contributed by atoms with Gasteiger partial charge in [0.1, 0.15) is 5.56 Å². The number of rotatable bonds is 2. The fourth-order valence-corrected chi connectivity index (χ4v) is 0.925. The Morgan fingerprint density at radius 1 is 1.64 bits per heavy atom. The van der Waals surface area contributed by atoms with Crippen LogP contribution in [0.4, 0.5) is 10.1 Å². The second-order valence-electron chi connectivity index (χ2n) is 3.02. The van der Waals surface area contributed by atoms with E-state index in [0.29, 0.717) is 0 Å². The van der Waals surface area contributed by atoms with Crippen molar-refractivity contribution in [2.75, 3.05) is 5.73 Å². The molecule has 0 bridgehead atoms. The highest BCUT2D eigenvalue weighted by Gasteiger charge is 2.18. The molecule has 1 heterocycles. The standard InChI is InChI=1S/C9H11FN2O2/c1-5(2)14-9(13)7-6(11)3-4-12-8(7)10/h3-5H,1-2H3,(H2,11,12). The smallest absolute Gasteiger partial charge is 0.345 e. The van der Waals surface area contributed by atoms with Crippen LogP contribution in [0.3, 0.4) is 0 Å². The van der Waals surface area contributed by atoms with Gasteiger partial charge in [-0.1, -0.05) is 0 Å². The zero-order valence-corrected chi connectivity index (χ0v) is 7.95. The molecular weight excluding hydrogens is 187 g/mol. The van der Waals surface area contributed by atoms with Crippen LogP contribution in [0.1, 0.15) is 24.2 Å². The third kappa shape index (κ3) is 2.18. The maximum atomic E-state index is 13.1. The van der Waals surface area contributed by atoms with Crippen LogP contribution < -0.4 is 5.73 Å². The monoisotopic (exact) mass is 198 g/mol. The van der Waals surface area contributed by atoms with Crippen LogP contribution in [0, 0.1) is 5.95 Å². The van der Waals surface area contributed by atoms with Crippen LogP contribution in [0.15, 0.2) is 12.3 Å². The summed E-state index contributed by atoms with van der Waals surface area (Å²) in [5.74, 6) is -1.70. The van der Waals surface area contributed by atoms with Gasteiger partial charge in [-0.25, -0.2) is 9.78 Å². The predicted molar refractivity (Wildman–Crippen MR) is 49.2 cm³/mol. The molecule has 5 heteroatoms.